The van der Waals surface area contributed by atoms with Crippen LogP contribution in [0.4, 0.5) is 9.52 Å². The Balaban J connectivity index is 1.96. The summed E-state index contributed by atoms with van der Waals surface area (Å²) in [5.74, 6) is -0.459. The third kappa shape index (κ3) is 2.66. The second kappa shape index (κ2) is 5.36. The molecule has 21 heavy (non-hydrogen) atoms. The minimum absolute atomic E-state index is 0.0963. The molecule has 1 aliphatic rings. The van der Waals surface area contributed by atoms with Crippen LogP contribution < -0.4 is 5.73 Å². The van der Waals surface area contributed by atoms with Crippen LogP contribution in [-0.4, -0.2) is 24.3 Å². The number of nitrogens with zero attached hydrogens (tertiary/aromatic N) is 2. The highest BCUT2D eigenvalue weighted by Gasteiger charge is 2.37. The van der Waals surface area contributed by atoms with Gasteiger partial charge in [-0.25, -0.2) is 17.8 Å². The fraction of sp³-hybridized carbons (Fsp3) is 0.308. The molecule has 1 atom stereocenters. The van der Waals surface area contributed by atoms with Crippen molar-refractivity contribution in [2.75, 3.05) is 12.3 Å². The number of rotatable bonds is 3. The number of nitrogens with two attached hydrogens (primary N) is 1. The van der Waals surface area contributed by atoms with Gasteiger partial charge in [0.1, 0.15) is 5.82 Å². The van der Waals surface area contributed by atoms with Gasteiger partial charge in [0.2, 0.25) is 10.0 Å². The van der Waals surface area contributed by atoms with Crippen LogP contribution in [0.3, 0.4) is 0 Å². The first-order chi connectivity index (χ1) is 9.98. The van der Waals surface area contributed by atoms with Gasteiger partial charge in [0.15, 0.2) is 5.13 Å². The number of benzene rings is 1. The molecule has 0 amide bonds. The standard InChI is InChI=1S/C13H14FN3O2S2/c14-9-3-5-10(6-4-9)21(18,19)17-7-1-2-12(17)11-8-20-13(15)16-11/h3-6,8,12H,1-2,7H2,(H2,15,16). The lowest BCUT2D eigenvalue weighted by Crippen LogP contribution is -2.30. The third-order valence-electron chi connectivity index (χ3n) is 3.51. The lowest BCUT2D eigenvalue weighted by atomic mass is 10.2. The SMILES string of the molecule is Nc1nc(C2CCCN2S(=O)(=O)c2ccc(F)cc2)cs1. The van der Waals surface area contributed by atoms with Crippen LogP contribution in [0.2, 0.25) is 0 Å². The van der Waals surface area contributed by atoms with E-state index < -0.39 is 15.8 Å². The maximum atomic E-state index is 13.0. The first-order valence-electron chi connectivity index (χ1n) is 6.47. The van der Waals surface area contributed by atoms with E-state index >= 15 is 0 Å². The quantitative estimate of drug-likeness (QED) is 0.939. The maximum Gasteiger partial charge on any atom is 0.243 e. The first-order valence-corrected chi connectivity index (χ1v) is 8.79. The Morgan fingerprint density at radius 2 is 2.05 bits per heavy atom. The van der Waals surface area contributed by atoms with Crippen molar-refractivity contribution in [3.05, 3.63) is 41.2 Å². The molecule has 2 heterocycles. The second-order valence-corrected chi connectivity index (χ2v) is 7.62. The molecule has 0 bridgehead atoms. The summed E-state index contributed by atoms with van der Waals surface area (Å²) >= 11 is 1.30. The topological polar surface area (TPSA) is 76.3 Å². The van der Waals surface area contributed by atoms with Crippen LogP contribution in [0.15, 0.2) is 34.5 Å². The van der Waals surface area contributed by atoms with Crippen LogP contribution >= 0.6 is 11.3 Å². The van der Waals surface area contributed by atoms with Gasteiger partial charge in [0, 0.05) is 11.9 Å². The molecule has 3 rings (SSSR count). The highest BCUT2D eigenvalue weighted by Crippen LogP contribution is 2.37. The summed E-state index contributed by atoms with van der Waals surface area (Å²) in [6, 6.07) is 4.58. The minimum atomic E-state index is -3.65. The van der Waals surface area contributed by atoms with Gasteiger partial charge >= 0.3 is 0 Å². The molecule has 2 aromatic rings. The van der Waals surface area contributed by atoms with Gasteiger partial charge in [-0.3, -0.25) is 0 Å². The van der Waals surface area contributed by atoms with E-state index in [4.69, 9.17) is 5.73 Å². The summed E-state index contributed by atoms with van der Waals surface area (Å²) in [5, 5.41) is 2.22. The van der Waals surface area contributed by atoms with E-state index in [0.717, 1.165) is 18.6 Å². The van der Waals surface area contributed by atoms with Gasteiger partial charge < -0.3 is 5.73 Å². The number of aromatic nitrogens is 1. The Morgan fingerprint density at radius 1 is 1.33 bits per heavy atom. The van der Waals surface area contributed by atoms with Gasteiger partial charge in [-0.15, -0.1) is 11.3 Å². The van der Waals surface area contributed by atoms with Crippen molar-refractivity contribution in [2.45, 2.75) is 23.8 Å². The van der Waals surface area contributed by atoms with Crippen LogP contribution in [0.5, 0.6) is 0 Å². The molecular weight excluding hydrogens is 313 g/mol. The number of halogens is 1. The summed E-state index contributed by atoms with van der Waals surface area (Å²) in [4.78, 5) is 4.29. The Labute approximate surface area is 126 Å². The van der Waals surface area contributed by atoms with Crippen molar-refractivity contribution < 1.29 is 12.8 Å². The van der Waals surface area contributed by atoms with E-state index in [-0.39, 0.29) is 10.9 Å². The Kier molecular flexibility index (Phi) is 3.68. The van der Waals surface area contributed by atoms with Gasteiger partial charge in [-0.1, -0.05) is 0 Å². The number of nitrogen functional groups attached to an aromatic ring is 1. The average Bonchev–Trinajstić information content (AvgIpc) is 3.07. The number of hydrogen-bond donors (Lipinski definition) is 1. The minimum Gasteiger partial charge on any atom is -0.375 e. The van der Waals surface area contributed by atoms with Crippen LogP contribution in [0.25, 0.3) is 0 Å². The molecular formula is C13H14FN3O2S2. The highest BCUT2D eigenvalue weighted by molar-refractivity contribution is 7.89. The van der Waals surface area contributed by atoms with Gasteiger partial charge in [0.05, 0.1) is 16.6 Å². The maximum absolute atomic E-state index is 13.0. The van der Waals surface area contributed by atoms with E-state index in [1.165, 1.54) is 27.8 Å². The molecule has 0 aliphatic carbocycles. The smallest absolute Gasteiger partial charge is 0.243 e. The van der Waals surface area contributed by atoms with Crippen LogP contribution in [0, 0.1) is 5.82 Å². The molecule has 5 nitrogen and oxygen atoms in total. The molecule has 0 radical (unpaired) electrons. The van der Waals surface area contributed by atoms with Gasteiger partial charge in [-0.05, 0) is 37.1 Å². The van der Waals surface area contributed by atoms with Gasteiger partial charge in [-0.2, -0.15) is 4.31 Å². The zero-order valence-electron chi connectivity index (χ0n) is 11.1. The van der Waals surface area contributed by atoms with Crippen molar-refractivity contribution >= 4 is 26.5 Å². The lowest BCUT2D eigenvalue weighted by molar-refractivity contribution is 0.391. The molecule has 1 saturated heterocycles. The predicted molar refractivity (Wildman–Crippen MR) is 78.8 cm³/mol. The van der Waals surface area contributed by atoms with Crippen molar-refractivity contribution in [2.24, 2.45) is 0 Å². The molecule has 112 valence electrons. The van der Waals surface area contributed by atoms with E-state index in [1.54, 1.807) is 5.38 Å². The van der Waals surface area contributed by atoms with E-state index in [2.05, 4.69) is 4.98 Å². The number of sulfonamides is 1. The Hall–Kier alpha value is -1.51. The van der Waals surface area contributed by atoms with E-state index in [0.29, 0.717) is 23.8 Å². The predicted octanol–water partition coefficient (Wildman–Crippen LogP) is 2.39. The molecule has 1 aliphatic heterocycles. The summed E-state index contributed by atoms with van der Waals surface area (Å²) in [6.07, 6.45) is 1.48. The van der Waals surface area contributed by atoms with Crippen LogP contribution in [0.1, 0.15) is 24.6 Å². The lowest BCUT2D eigenvalue weighted by Gasteiger charge is -2.22. The zero-order chi connectivity index (χ0) is 15.0. The Morgan fingerprint density at radius 3 is 2.67 bits per heavy atom. The van der Waals surface area contributed by atoms with E-state index in [9.17, 15) is 12.8 Å². The number of thiazole rings is 1. The summed E-state index contributed by atoms with van der Waals surface area (Å²) in [6.45, 7) is 0.432. The summed E-state index contributed by atoms with van der Waals surface area (Å²) < 4.78 is 39.8. The molecule has 2 N–H and O–H groups in total. The molecule has 1 aromatic heterocycles. The fourth-order valence-corrected chi connectivity index (χ4v) is 4.80. The highest BCUT2D eigenvalue weighted by atomic mass is 32.2. The first kappa shape index (κ1) is 14.4. The average molecular weight is 327 g/mol. The fourth-order valence-electron chi connectivity index (χ4n) is 2.52. The van der Waals surface area contributed by atoms with Crippen molar-refractivity contribution in [3.8, 4) is 0 Å². The summed E-state index contributed by atoms with van der Waals surface area (Å²) in [7, 11) is -3.65. The van der Waals surface area contributed by atoms with Crippen molar-refractivity contribution in [1.29, 1.82) is 0 Å². The number of anilines is 1. The monoisotopic (exact) mass is 327 g/mol. The normalized spacial score (nSPS) is 20.0. The molecule has 8 heteroatoms. The Bertz CT molecular complexity index is 743. The number of hydrogen-bond acceptors (Lipinski definition) is 5. The largest absolute Gasteiger partial charge is 0.375 e. The molecule has 1 aromatic carbocycles. The molecule has 1 fully saturated rings. The van der Waals surface area contributed by atoms with Crippen LogP contribution in [-0.2, 0) is 10.0 Å². The molecule has 0 spiro atoms. The second-order valence-electron chi connectivity index (χ2n) is 4.84. The summed E-state index contributed by atoms with van der Waals surface area (Å²) in [5.41, 5.74) is 6.31. The van der Waals surface area contributed by atoms with E-state index in [1.807, 2.05) is 0 Å². The third-order valence-corrected chi connectivity index (χ3v) is 6.12. The van der Waals surface area contributed by atoms with Crippen molar-refractivity contribution in [3.63, 3.8) is 0 Å². The van der Waals surface area contributed by atoms with Crippen molar-refractivity contribution in [1.82, 2.24) is 9.29 Å². The van der Waals surface area contributed by atoms with Gasteiger partial charge in [0.25, 0.3) is 0 Å². The molecule has 0 saturated carbocycles. The molecule has 1 unspecified atom stereocenters. The zero-order valence-corrected chi connectivity index (χ0v) is 12.7.